The molecule has 2 aliphatic heterocycles. The number of nitrogens with one attached hydrogen (secondary N) is 4. The molecule has 1 unspecified atom stereocenters. The van der Waals surface area contributed by atoms with Crippen molar-refractivity contribution in [2.45, 2.75) is 43.0 Å². The maximum atomic E-state index is 13.8. The quantitative estimate of drug-likeness (QED) is 0.158. The summed E-state index contributed by atoms with van der Waals surface area (Å²) in [6, 6.07) is 21.0. The topological polar surface area (TPSA) is 149 Å². The number of halogens is 3. The van der Waals surface area contributed by atoms with Gasteiger partial charge in [0, 0.05) is 75.2 Å². The smallest absolute Gasteiger partial charge is 0.374 e. The Kier molecular flexibility index (Phi) is 10.4. The summed E-state index contributed by atoms with van der Waals surface area (Å²) in [5, 5.41) is 11.2. The molecule has 6 rings (SSSR count). The van der Waals surface area contributed by atoms with E-state index in [-0.39, 0.29) is 29.2 Å². The number of hydrogen-bond donors (Lipinski definition) is 4. The highest BCUT2D eigenvalue weighted by Gasteiger charge is 2.35. The Hall–Kier alpha value is -5.22. The molecule has 51 heavy (non-hydrogen) atoms. The lowest BCUT2D eigenvalue weighted by molar-refractivity contribution is -0.137. The Morgan fingerprint density at radius 3 is 2.29 bits per heavy atom. The summed E-state index contributed by atoms with van der Waals surface area (Å²) >= 11 is 0. The zero-order chi connectivity index (χ0) is 36.2. The Labute approximate surface area is 293 Å². The van der Waals surface area contributed by atoms with Crippen LogP contribution in [-0.2, 0) is 38.7 Å². The molecule has 4 N–H and O–H groups in total. The van der Waals surface area contributed by atoms with Gasteiger partial charge in [0.05, 0.1) is 4.90 Å². The standard InChI is InChI=1S/C35H37F3N8O4S/c1-51(49,50)28-4-2-3-24(19-28)20-39-32-29(35(36,37)38)21-40-34(44-32)42-26-9-11-27(12-10-26)46-17-15-45(16-18-46)22-23-5-7-25(8-6-23)41-30-13-14-31(47)43-33(30)48/h2-12,19,21,30,41H,13-18,20,22H2,1H3,(H,43,47,48)(H2,39,40,42,44). The molecule has 2 fully saturated rings. The molecule has 16 heteroatoms. The molecule has 0 aliphatic carbocycles. The fraction of sp³-hybridized carbons (Fsp3) is 0.314. The molecule has 12 nitrogen and oxygen atoms in total. The second-order valence-electron chi connectivity index (χ2n) is 12.5. The Morgan fingerprint density at radius 1 is 0.922 bits per heavy atom. The van der Waals surface area contributed by atoms with E-state index >= 15 is 0 Å². The molecule has 3 heterocycles. The average Bonchev–Trinajstić information content (AvgIpc) is 3.09. The van der Waals surface area contributed by atoms with E-state index in [0.717, 1.165) is 55.9 Å². The first-order valence-corrected chi connectivity index (χ1v) is 18.2. The van der Waals surface area contributed by atoms with Gasteiger partial charge < -0.3 is 20.9 Å². The van der Waals surface area contributed by atoms with Crippen molar-refractivity contribution < 1.29 is 31.2 Å². The van der Waals surface area contributed by atoms with Crippen LogP contribution < -0.4 is 26.2 Å². The SMILES string of the molecule is CS(=O)(=O)c1cccc(CNc2nc(Nc3ccc(N4CCN(Cc5ccc(NC6CCC(=O)NC6=O)cc5)CC4)cc3)ncc2C(F)(F)F)c1. The largest absolute Gasteiger partial charge is 0.421 e. The molecule has 1 aromatic heterocycles. The molecule has 2 saturated heterocycles. The van der Waals surface area contributed by atoms with Gasteiger partial charge in [-0.25, -0.2) is 13.4 Å². The summed E-state index contributed by atoms with van der Waals surface area (Å²) in [6.45, 7) is 4.03. The maximum Gasteiger partial charge on any atom is 0.421 e. The highest BCUT2D eigenvalue weighted by atomic mass is 32.2. The lowest BCUT2D eigenvalue weighted by Crippen LogP contribution is -2.47. The van der Waals surface area contributed by atoms with Crippen molar-refractivity contribution in [1.82, 2.24) is 20.2 Å². The van der Waals surface area contributed by atoms with Gasteiger partial charge in [-0.3, -0.25) is 19.8 Å². The maximum absolute atomic E-state index is 13.8. The first-order valence-electron chi connectivity index (χ1n) is 16.3. The summed E-state index contributed by atoms with van der Waals surface area (Å²) in [5.74, 6) is -1.01. The lowest BCUT2D eigenvalue weighted by Gasteiger charge is -2.36. The van der Waals surface area contributed by atoms with E-state index in [0.29, 0.717) is 30.3 Å². The van der Waals surface area contributed by atoms with Gasteiger partial charge in [0.1, 0.15) is 17.4 Å². The molecule has 268 valence electrons. The van der Waals surface area contributed by atoms with Crippen LogP contribution in [0.4, 0.5) is 42.0 Å². The summed E-state index contributed by atoms with van der Waals surface area (Å²) in [6.07, 6.45) is -2.14. The highest BCUT2D eigenvalue weighted by Crippen LogP contribution is 2.34. The number of piperidine rings is 1. The normalized spacial score (nSPS) is 17.2. The van der Waals surface area contributed by atoms with Crippen LogP contribution in [0, 0.1) is 0 Å². The molecule has 3 aromatic carbocycles. The monoisotopic (exact) mass is 722 g/mol. The number of rotatable bonds is 11. The van der Waals surface area contributed by atoms with Gasteiger partial charge in [-0.2, -0.15) is 18.2 Å². The number of hydrogen-bond acceptors (Lipinski definition) is 11. The van der Waals surface area contributed by atoms with Gasteiger partial charge in [-0.15, -0.1) is 0 Å². The summed E-state index contributed by atoms with van der Waals surface area (Å²) in [4.78, 5) is 36.1. The number of benzene rings is 3. The number of piperazine rings is 1. The summed E-state index contributed by atoms with van der Waals surface area (Å²) < 4.78 is 65.1. The second kappa shape index (κ2) is 14.9. The van der Waals surface area contributed by atoms with Crippen LogP contribution in [0.15, 0.2) is 83.9 Å². The van der Waals surface area contributed by atoms with E-state index in [1.165, 1.54) is 18.2 Å². The number of carbonyl (C=O) groups excluding carboxylic acids is 2. The minimum atomic E-state index is -4.71. The van der Waals surface area contributed by atoms with Crippen LogP contribution in [-0.4, -0.2) is 73.6 Å². The van der Waals surface area contributed by atoms with E-state index in [2.05, 4.69) is 41.0 Å². The zero-order valence-corrected chi connectivity index (χ0v) is 28.5. The number of nitrogens with zero attached hydrogens (tertiary/aromatic N) is 4. The predicted molar refractivity (Wildman–Crippen MR) is 187 cm³/mol. The molecule has 4 aromatic rings. The zero-order valence-electron chi connectivity index (χ0n) is 27.7. The third-order valence-corrected chi connectivity index (χ3v) is 9.79. The van der Waals surface area contributed by atoms with Gasteiger partial charge >= 0.3 is 6.18 Å². The molecular weight excluding hydrogens is 685 g/mol. The van der Waals surface area contributed by atoms with Crippen molar-refractivity contribution in [3.8, 4) is 0 Å². The molecule has 0 saturated carbocycles. The number of sulfone groups is 1. The summed E-state index contributed by atoms with van der Waals surface area (Å²) in [5.41, 5.74) is 3.02. The van der Waals surface area contributed by atoms with Crippen LogP contribution in [0.1, 0.15) is 29.5 Å². The number of imide groups is 1. The molecule has 1 atom stereocenters. The predicted octanol–water partition coefficient (Wildman–Crippen LogP) is 4.79. The number of aromatic nitrogens is 2. The molecule has 2 amide bonds. The van der Waals surface area contributed by atoms with E-state index < -0.39 is 33.4 Å². The second-order valence-corrected chi connectivity index (χ2v) is 14.5. The van der Waals surface area contributed by atoms with E-state index in [4.69, 9.17) is 0 Å². The Bertz CT molecular complexity index is 1990. The van der Waals surface area contributed by atoms with Gasteiger partial charge in [0.25, 0.3) is 0 Å². The van der Waals surface area contributed by atoms with Crippen molar-refractivity contribution in [3.05, 3.63) is 95.7 Å². The average molecular weight is 723 g/mol. The fourth-order valence-electron chi connectivity index (χ4n) is 5.90. The van der Waals surface area contributed by atoms with Crippen molar-refractivity contribution in [2.75, 3.05) is 53.3 Å². The van der Waals surface area contributed by atoms with Crippen molar-refractivity contribution in [2.24, 2.45) is 0 Å². The van der Waals surface area contributed by atoms with Crippen molar-refractivity contribution in [3.63, 3.8) is 0 Å². The molecule has 0 radical (unpaired) electrons. The van der Waals surface area contributed by atoms with Gasteiger partial charge in [0.15, 0.2) is 9.84 Å². The van der Waals surface area contributed by atoms with Crippen LogP contribution in [0.5, 0.6) is 0 Å². The van der Waals surface area contributed by atoms with E-state index in [9.17, 15) is 31.2 Å². The number of amides is 2. The molecule has 2 aliphatic rings. The van der Waals surface area contributed by atoms with Crippen LogP contribution in [0.3, 0.4) is 0 Å². The van der Waals surface area contributed by atoms with Crippen LogP contribution in [0.2, 0.25) is 0 Å². The van der Waals surface area contributed by atoms with Gasteiger partial charge in [-0.1, -0.05) is 24.3 Å². The summed E-state index contributed by atoms with van der Waals surface area (Å²) in [7, 11) is -3.48. The molecular formula is C35H37F3N8O4S. The van der Waals surface area contributed by atoms with Gasteiger partial charge in [0.2, 0.25) is 17.8 Å². The first kappa shape index (κ1) is 35.6. The van der Waals surface area contributed by atoms with Crippen LogP contribution in [0.25, 0.3) is 0 Å². The molecule has 0 spiro atoms. The minimum absolute atomic E-state index is 0.0310. The van der Waals surface area contributed by atoms with Gasteiger partial charge in [-0.05, 0) is 66.1 Å². The van der Waals surface area contributed by atoms with Crippen molar-refractivity contribution in [1.29, 1.82) is 0 Å². The molecule has 0 bridgehead atoms. The minimum Gasteiger partial charge on any atom is -0.374 e. The number of anilines is 5. The van der Waals surface area contributed by atoms with Crippen molar-refractivity contribution >= 4 is 50.5 Å². The third kappa shape index (κ3) is 9.32. The van der Waals surface area contributed by atoms with E-state index in [1.54, 1.807) is 6.07 Å². The van der Waals surface area contributed by atoms with E-state index in [1.807, 2.05) is 48.5 Å². The highest BCUT2D eigenvalue weighted by molar-refractivity contribution is 7.90. The third-order valence-electron chi connectivity index (χ3n) is 8.68. The Balaban J connectivity index is 1.02. The number of alkyl halides is 3. The lowest BCUT2D eigenvalue weighted by atomic mass is 10.1. The van der Waals surface area contributed by atoms with Crippen LogP contribution >= 0.6 is 0 Å². The first-order chi connectivity index (χ1) is 24.3. The number of carbonyl (C=O) groups is 2. The fourth-order valence-corrected chi connectivity index (χ4v) is 6.59. The Morgan fingerprint density at radius 2 is 1.63 bits per heavy atom.